The number of primary amides is 2. The number of hydrogen-bond donors (Lipinski definition) is 20. The van der Waals surface area contributed by atoms with Crippen molar-refractivity contribution in [2.24, 2.45) is 17.2 Å². The monoisotopic (exact) mass is 1850 g/mol. The molecule has 0 spiro atoms. The first-order valence-corrected chi connectivity index (χ1v) is 44.3. The third-order valence-electron chi connectivity index (χ3n) is 23.2. The Labute approximate surface area is 757 Å². The summed E-state index contributed by atoms with van der Waals surface area (Å²) >= 11 is 0.690. The predicted molar refractivity (Wildman–Crippen MR) is 472 cm³/mol. The number of rotatable bonds is 25. The van der Waals surface area contributed by atoms with E-state index in [0.717, 1.165) is 24.5 Å². The summed E-state index contributed by atoms with van der Waals surface area (Å²) in [5, 5.41) is 78.7. The molecule has 131 heavy (non-hydrogen) atoms. The van der Waals surface area contributed by atoms with Gasteiger partial charge in [0.05, 0.1) is 31.4 Å². The van der Waals surface area contributed by atoms with Crippen molar-refractivity contribution in [1.82, 2.24) is 87.6 Å². The van der Waals surface area contributed by atoms with E-state index < -0.39 is 279 Å². The van der Waals surface area contributed by atoms with Crippen molar-refractivity contribution in [1.29, 1.82) is 0 Å². The summed E-state index contributed by atoms with van der Waals surface area (Å²) in [7, 11) is 3.72. The molecule has 44 nitrogen and oxygen atoms in total. The van der Waals surface area contributed by atoms with E-state index in [1.807, 2.05) is 0 Å². The number of H-pyrrole nitrogens is 2. The number of carbonyl (C=O) groups excluding carboxylic acids is 17. The molecule has 45 heteroatoms. The average Bonchev–Trinajstić information content (AvgIpc) is 1.80. The van der Waals surface area contributed by atoms with Crippen LogP contribution in [0.3, 0.4) is 0 Å². The number of phenols is 1. The number of aromatic nitrogens is 2. The summed E-state index contributed by atoms with van der Waals surface area (Å²) in [6, 6.07) is -4.35. The Bertz CT molecular complexity index is 4990. The molecule has 2 aromatic heterocycles. The molecule has 17 amide bonds. The number of carboxylic acids is 2. The van der Waals surface area contributed by atoms with Gasteiger partial charge in [0.15, 0.2) is 0 Å². The highest BCUT2D eigenvalue weighted by atomic mass is 32.2. The lowest BCUT2D eigenvalue weighted by atomic mass is 10.00. The zero-order valence-corrected chi connectivity index (χ0v) is 74.4. The number of aliphatic carboxylic acids is 2. The lowest BCUT2D eigenvalue weighted by Crippen LogP contribution is -2.62. The second kappa shape index (κ2) is 48.9. The van der Waals surface area contributed by atoms with Crippen molar-refractivity contribution >= 4 is 146 Å². The first kappa shape index (κ1) is 103. The number of thioether (sulfide) groups is 1. The lowest BCUT2D eigenvalue weighted by Gasteiger charge is -2.36. The van der Waals surface area contributed by atoms with Crippen LogP contribution in [-0.2, 0) is 110 Å². The number of unbranched alkanes of at least 4 members (excludes halogenated alkanes) is 2. The maximum atomic E-state index is 15.6. The molecule has 3 saturated heterocycles. The van der Waals surface area contributed by atoms with Gasteiger partial charge in [-0.05, 0) is 86.4 Å². The van der Waals surface area contributed by atoms with Crippen LogP contribution < -0.4 is 70.4 Å². The van der Waals surface area contributed by atoms with Crippen molar-refractivity contribution in [2.45, 2.75) is 221 Å². The Morgan fingerprint density at radius 1 is 0.511 bits per heavy atom. The number of nitrogens with one attached hydrogen (secondary N) is 12. The SMILES string of the molecule is CCCC[C@H]1C(=O)N(C)[C@@H](CCCC)C(=O)N[C@@H](CCC(=O)O)C(=O)N[C@H](C(=O)NCC(N)=O)CSCC(=O)N[C@@H](Cc2ccc(O)cc2)C(=O)N(C)[C@@H](C)C(=O)N[C@@H](CC(N)=O)C(=O)N2CCC[C@H]2C(=O)N[C@@H](CN)C(=O)N[C@@H](CCC(=O)O)C(=O)N2C[C@H](O)C[C@H]2C(=O)N[C@@H](Cc2c[nH]c3ccccc23)C(=O)N[C@@H](CO)C(=O)N[C@@H](Cc2c[nH]c3ccccc23)C(=O)N1C. The Hall–Kier alpha value is -13.3. The van der Waals surface area contributed by atoms with Crippen LogP contribution in [-0.4, -0.2) is 328 Å². The number of aliphatic hydroxyl groups excluding tert-OH is 2. The van der Waals surface area contributed by atoms with Crippen molar-refractivity contribution in [2.75, 3.05) is 65.4 Å². The largest absolute Gasteiger partial charge is 0.508 e. The number of phenolic OH excluding ortho intramolecular Hbond substituents is 1. The van der Waals surface area contributed by atoms with E-state index >= 15 is 33.6 Å². The lowest BCUT2D eigenvalue weighted by molar-refractivity contribution is -0.149. The number of nitrogens with zero attached hydrogens (tertiary/aromatic N) is 5. The first-order valence-electron chi connectivity index (χ1n) is 43.1. The molecule has 5 heterocycles. The molecule has 0 aliphatic carbocycles. The number of aliphatic hydroxyl groups is 2. The number of aromatic amines is 2. The van der Waals surface area contributed by atoms with Gasteiger partial charge < -0.3 is 130 Å². The zero-order chi connectivity index (χ0) is 96.2. The highest BCUT2D eigenvalue weighted by Crippen LogP contribution is 2.28. The minimum Gasteiger partial charge on any atom is -0.508 e. The molecule has 15 atom stereocenters. The summed E-state index contributed by atoms with van der Waals surface area (Å²) in [6.45, 7) is 1.36. The first-order chi connectivity index (χ1) is 62.3. The van der Waals surface area contributed by atoms with Crippen LogP contribution in [0.15, 0.2) is 85.2 Å². The molecule has 5 aromatic rings. The van der Waals surface area contributed by atoms with E-state index in [2.05, 4.69) is 63.1 Å². The van der Waals surface area contributed by atoms with Gasteiger partial charge in [-0.2, -0.15) is 0 Å². The van der Waals surface area contributed by atoms with Crippen molar-refractivity contribution in [3.05, 3.63) is 102 Å². The van der Waals surface area contributed by atoms with Crippen molar-refractivity contribution in [3.63, 3.8) is 0 Å². The number of hydrogen-bond acceptors (Lipinski definition) is 24. The summed E-state index contributed by atoms with van der Waals surface area (Å²) in [5.74, 6) is -22.0. The minimum atomic E-state index is -1.95. The quantitative estimate of drug-likeness (QED) is 0.0262. The van der Waals surface area contributed by atoms with E-state index in [4.69, 9.17) is 17.2 Å². The molecule has 0 bridgehead atoms. The summed E-state index contributed by atoms with van der Waals surface area (Å²) < 4.78 is 0. The number of likely N-dealkylation sites (N-methyl/N-ethyl adjacent to an activating group) is 3. The van der Waals surface area contributed by atoms with Gasteiger partial charge in [0.2, 0.25) is 100 Å². The average molecular weight is 1850 g/mol. The highest BCUT2D eigenvalue weighted by Gasteiger charge is 2.47. The molecule has 0 unspecified atom stereocenters. The summed E-state index contributed by atoms with van der Waals surface area (Å²) in [4.78, 5) is 283. The number of nitrogens with two attached hydrogens (primary N) is 3. The van der Waals surface area contributed by atoms with E-state index in [1.165, 1.54) is 58.5 Å². The van der Waals surface area contributed by atoms with Gasteiger partial charge in [-0.25, -0.2) is 0 Å². The topological polar surface area (TPSA) is 672 Å². The molecule has 23 N–H and O–H groups in total. The Morgan fingerprint density at radius 2 is 1.01 bits per heavy atom. The van der Waals surface area contributed by atoms with Crippen LogP contribution in [0.1, 0.15) is 127 Å². The number of carboxylic acid groups (broad SMARTS) is 2. The maximum absolute atomic E-state index is 15.6. The van der Waals surface area contributed by atoms with E-state index in [0.29, 0.717) is 63.1 Å². The number of aromatic hydroxyl groups is 1. The fourth-order valence-corrected chi connectivity index (χ4v) is 16.6. The summed E-state index contributed by atoms with van der Waals surface area (Å²) in [5.41, 5.74) is 19.5. The number of benzene rings is 3. The van der Waals surface area contributed by atoms with Gasteiger partial charge in [0.25, 0.3) is 0 Å². The van der Waals surface area contributed by atoms with Gasteiger partial charge in [-0.15, -0.1) is 11.8 Å². The third kappa shape index (κ3) is 28.6. The Morgan fingerprint density at radius 3 is 1.60 bits per heavy atom. The van der Waals surface area contributed by atoms with Crippen LogP contribution in [0.5, 0.6) is 5.75 Å². The van der Waals surface area contributed by atoms with Crippen LogP contribution in [0.2, 0.25) is 0 Å². The smallest absolute Gasteiger partial charge is 0.303 e. The molecule has 712 valence electrons. The molecule has 3 aliphatic rings. The van der Waals surface area contributed by atoms with Crippen molar-refractivity contribution < 1.29 is 117 Å². The molecule has 8 rings (SSSR count). The summed E-state index contributed by atoms with van der Waals surface area (Å²) in [6.07, 6.45) is -2.35. The van der Waals surface area contributed by atoms with Crippen molar-refractivity contribution in [3.8, 4) is 5.75 Å². The van der Waals surface area contributed by atoms with Gasteiger partial charge in [-0.3, -0.25) is 91.1 Å². The maximum Gasteiger partial charge on any atom is 0.303 e. The van der Waals surface area contributed by atoms with Crippen LogP contribution in [0.25, 0.3) is 21.8 Å². The number of amides is 17. The van der Waals surface area contributed by atoms with E-state index in [1.54, 1.807) is 68.6 Å². The Balaban J connectivity index is 1.19. The molecule has 3 aliphatic heterocycles. The third-order valence-corrected chi connectivity index (χ3v) is 24.2. The Kier molecular flexibility index (Phi) is 38.5. The number of carbonyl (C=O) groups is 19. The molecular formula is C86H118N20O24S. The van der Waals surface area contributed by atoms with Crippen LogP contribution >= 0.6 is 11.8 Å². The normalized spacial score (nSPS) is 25.1. The van der Waals surface area contributed by atoms with Gasteiger partial charge >= 0.3 is 11.9 Å². The number of fused-ring (bicyclic) bond motifs is 4. The van der Waals surface area contributed by atoms with Crippen LogP contribution in [0, 0.1) is 0 Å². The second-order valence-electron chi connectivity index (χ2n) is 32.7. The standard InChI is InChI=1S/C86H118N20O24S/c1-7-9-20-64-79(123)94-55(27-29-71(113)114)75(119)101-63(74(118)92-40-69(89)111)43-131-44-70(112)93-58(32-46-23-25-49(108)26-24-46)82(126)102(4)45(3)73(117)97-60(36-68(88)110)85(129)105-31-15-22-65(105)80(124)99-61(37-87)77(121)95-56(28-30-72(115)116)84(128)106-41-50(109)35-67(106)81(125)96-57(33-47-38-90-53-18-13-11-16-51(47)53)76(120)100-62(42-107)78(122)98-59(34-48-39-91-54-19-14-12-17-52(48)54)83(127)104(6)66(21-10-8-2)86(130)103(64)5/h11-14,16-19,23-26,38-39,45,50,55-67,90-91,107-109H,7-10,15,20-22,27-37,40-44,87H2,1-6H3,(H2,88,110)(H2,89,111)(H,92,118)(H,93,112)(H,94,123)(H,95,121)(H,96,125)(H,97,117)(H,98,122)(H,99,124)(H,100,120)(H,101,119)(H,113,114)(H,115,116)/t45-,50+,55-,56-,57-,58-,59-,60-,61-,62-,63-,64-,65-,66-,67-/m0/s1. The molecule has 3 fully saturated rings. The molecular weight excluding hydrogens is 1730 g/mol. The highest BCUT2D eigenvalue weighted by molar-refractivity contribution is 8.00. The van der Waals surface area contributed by atoms with Gasteiger partial charge in [0.1, 0.15) is 90.3 Å². The minimum absolute atomic E-state index is 0.0650. The predicted octanol–water partition coefficient (Wildman–Crippen LogP) is -4.52. The van der Waals surface area contributed by atoms with E-state index in [-0.39, 0.29) is 70.1 Å². The van der Waals surface area contributed by atoms with Gasteiger partial charge in [-0.1, -0.05) is 88.1 Å². The number of para-hydroxylation sites is 2. The molecule has 0 saturated carbocycles. The van der Waals surface area contributed by atoms with E-state index in [9.17, 15) is 83.1 Å². The van der Waals surface area contributed by atoms with Crippen LogP contribution in [0.4, 0.5) is 0 Å². The molecule has 3 aromatic carbocycles. The fraction of sp³-hybridized carbons (Fsp3) is 0.523. The fourth-order valence-electron chi connectivity index (χ4n) is 15.8. The zero-order valence-electron chi connectivity index (χ0n) is 73.6. The second-order valence-corrected chi connectivity index (χ2v) is 33.7. The molecule has 0 radical (unpaired) electrons. The van der Waals surface area contributed by atoms with Gasteiger partial charge in [0, 0.05) is 119 Å².